The number of hydrazone groups is 1. The van der Waals surface area contributed by atoms with Gasteiger partial charge in [0.25, 0.3) is 0 Å². The van der Waals surface area contributed by atoms with Gasteiger partial charge in [0.2, 0.25) is 5.96 Å². The molecule has 14 heavy (non-hydrogen) atoms. The first-order chi connectivity index (χ1) is 6.43. The fourth-order valence-electron chi connectivity index (χ4n) is 0.628. The summed E-state index contributed by atoms with van der Waals surface area (Å²) >= 11 is 5.94. The van der Waals surface area contributed by atoms with Gasteiger partial charge in [-0.2, -0.15) is 5.10 Å². The molecule has 5 heteroatoms. The van der Waals surface area contributed by atoms with Gasteiger partial charge in [-0.15, -0.1) is 0 Å². The van der Waals surface area contributed by atoms with Crippen LogP contribution in [0.3, 0.4) is 0 Å². The first-order valence-corrected chi connectivity index (χ1v) is 4.45. The Balaban J connectivity index is 4.44. The molecule has 0 atom stereocenters. The molecule has 0 aromatic heterocycles. The van der Waals surface area contributed by atoms with E-state index in [-0.39, 0.29) is 5.96 Å². The molecule has 0 fully saturated rings. The predicted octanol–water partition coefficient (Wildman–Crippen LogP) is 1.93. The summed E-state index contributed by atoms with van der Waals surface area (Å²) in [7, 11) is 0. The van der Waals surface area contributed by atoms with E-state index >= 15 is 0 Å². The van der Waals surface area contributed by atoms with Gasteiger partial charge in [-0.3, -0.25) is 5.41 Å². The Kier molecular flexibility index (Phi) is 5.64. The summed E-state index contributed by atoms with van der Waals surface area (Å²) < 4.78 is 0. The minimum atomic E-state index is -0.201. The Morgan fingerprint density at radius 3 is 2.43 bits per heavy atom. The molecular weight excluding hydrogens is 200 g/mol. The van der Waals surface area contributed by atoms with E-state index in [0.717, 1.165) is 11.1 Å². The van der Waals surface area contributed by atoms with Crippen LogP contribution in [0.25, 0.3) is 0 Å². The SMILES string of the molecule is CC(C)=C/C(Cl)=C(C)/C=N/NC(=N)N. The average molecular weight is 215 g/mol. The molecule has 78 valence electrons. The van der Waals surface area contributed by atoms with Crippen LogP contribution >= 0.6 is 11.6 Å². The smallest absolute Gasteiger partial charge is 0.206 e. The highest BCUT2D eigenvalue weighted by Crippen LogP contribution is 2.11. The second-order valence-electron chi connectivity index (χ2n) is 3.04. The highest BCUT2D eigenvalue weighted by atomic mass is 35.5. The molecule has 0 rings (SSSR count). The Morgan fingerprint density at radius 2 is 2.00 bits per heavy atom. The molecule has 0 bridgehead atoms. The highest BCUT2D eigenvalue weighted by Gasteiger charge is 1.92. The van der Waals surface area contributed by atoms with Crippen molar-refractivity contribution in [1.29, 1.82) is 5.41 Å². The molecule has 0 aromatic carbocycles. The topological polar surface area (TPSA) is 74.3 Å². The summed E-state index contributed by atoms with van der Waals surface area (Å²) in [6, 6.07) is 0. The zero-order valence-electron chi connectivity index (χ0n) is 8.56. The lowest BCUT2D eigenvalue weighted by Gasteiger charge is -1.97. The van der Waals surface area contributed by atoms with E-state index in [9.17, 15) is 0 Å². The molecule has 0 aliphatic rings. The molecule has 0 aliphatic heterocycles. The average Bonchev–Trinajstić information content (AvgIpc) is 2.01. The van der Waals surface area contributed by atoms with E-state index in [4.69, 9.17) is 22.7 Å². The van der Waals surface area contributed by atoms with Crippen LogP contribution in [-0.2, 0) is 0 Å². The number of guanidine groups is 1. The van der Waals surface area contributed by atoms with Gasteiger partial charge < -0.3 is 5.73 Å². The summed E-state index contributed by atoms with van der Waals surface area (Å²) in [5.74, 6) is -0.201. The third-order valence-electron chi connectivity index (χ3n) is 1.24. The Bertz CT molecular complexity index is 298. The van der Waals surface area contributed by atoms with Crippen LogP contribution in [0.15, 0.2) is 27.4 Å². The van der Waals surface area contributed by atoms with Gasteiger partial charge in [0.1, 0.15) is 0 Å². The molecule has 0 spiro atoms. The largest absolute Gasteiger partial charge is 0.369 e. The molecule has 0 aliphatic carbocycles. The molecule has 0 aromatic rings. The molecule has 0 amide bonds. The highest BCUT2D eigenvalue weighted by molar-refractivity contribution is 6.32. The van der Waals surface area contributed by atoms with Gasteiger partial charge in [-0.05, 0) is 32.4 Å². The van der Waals surface area contributed by atoms with E-state index in [0.29, 0.717) is 5.03 Å². The number of nitrogens with two attached hydrogens (primary N) is 1. The van der Waals surface area contributed by atoms with E-state index < -0.39 is 0 Å². The number of rotatable bonds is 3. The molecule has 0 unspecified atom stereocenters. The third kappa shape index (κ3) is 6.25. The fourth-order valence-corrected chi connectivity index (χ4v) is 0.895. The van der Waals surface area contributed by atoms with Crippen molar-refractivity contribution in [2.45, 2.75) is 20.8 Å². The second kappa shape index (κ2) is 6.21. The monoisotopic (exact) mass is 214 g/mol. The van der Waals surface area contributed by atoms with Crippen LogP contribution in [0.5, 0.6) is 0 Å². The summed E-state index contributed by atoms with van der Waals surface area (Å²) in [6.07, 6.45) is 3.36. The maximum atomic E-state index is 6.85. The normalized spacial score (nSPS) is 12.3. The molecule has 4 N–H and O–H groups in total. The van der Waals surface area contributed by atoms with Crippen molar-refractivity contribution < 1.29 is 0 Å². The Hall–Kier alpha value is -1.29. The number of hydrogen-bond donors (Lipinski definition) is 3. The zero-order chi connectivity index (χ0) is 11.1. The van der Waals surface area contributed by atoms with Crippen molar-refractivity contribution in [1.82, 2.24) is 5.43 Å². The summed E-state index contributed by atoms with van der Waals surface area (Å²) in [5, 5.41) is 11.2. The van der Waals surface area contributed by atoms with Gasteiger partial charge in [-0.1, -0.05) is 17.2 Å². The third-order valence-corrected chi connectivity index (χ3v) is 1.64. The van der Waals surface area contributed by atoms with Crippen molar-refractivity contribution in [2.24, 2.45) is 10.8 Å². The second-order valence-corrected chi connectivity index (χ2v) is 3.44. The van der Waals surface area contributed by atoms with Crippen LogP contribution in [0, 0.1) is 5.41 Å². The molecule has 4 nitrogen and oxygen atoms in total. The standard InChI is InChI=1S/C9H15ClN4/c1-6(2)4-8(10)7(3)5-13-14-9(11)12/h4-5H,1-3H3,(H4,11,12,14)/b8-7-,13-5+. The Morgan fingerprint density at radius 1 is 1.43 bits per heavy atom. The molecular formula is C9H15ClN4. The van der Waals surface area contributed by atoms with E-state index in [1.807, 2.05) is 26.8 Å². The maximum absolute atomic E-state index is 6.85. The van der Waals surface area contributed by atoms with E-state index in [1.54, 1.807) is 0 Å². The van der Waals surface area contributed by atoms with Gasteiger partial charge in [0.05, 0.1) is 6.21 Å². The van der Waals surface area contributed by atoms with Crippen molar-refractivity contribution in [3.8, 4) is 0 Å². The summed E-state index contributed by atoms with van der Waals surface area (Å²) in [5.41, 5.74) is 9.25. The minimum Gasteiger partial charge on any atom is -0.369 e. The lowest BCUT2D eigenvalue weighted by Crippen LogP contribution is -2.25. The predicted molar refractivity (Wildman–Crippen MR) is 61.5 cm³/mol. The van der Waals surface area contributed by atoms with E-state index in [1.165, 1.54) is 6.21 Å². The van der Waals surface area contributed by atoms with Crippen molar-refractivity contribution in [2.75, 3.05) is 0 Å². The molecule has 0 heterocycles. The number of nitrogens with zero attached hydrogens (tertiary/aromatic N) is 1. The van der Waals surface area contributed by atoms with Crippen LogP contribution < -0.4 is 11.2 Å². The van der Waals surface area contributed by atoms with Crippen LogP contribution in [0.2, 0.25) is 0 Å². The van der Waals surface area contributed by atoms with Gasteiger partial charge in [0.15, 0.2) is 0 Å². The maximum Gasteiger partial charge on any atom is 0.206 e. The number of nitrogens with one attached hydrogen (secondary N) is 2. The Labute approximate surface area is 89.0 Å². The van der Waals surface area contributed by atoms with Crippen molar-refractivity contribution in [3.63, 3.8) is 0 Å². The molecule has 0 radical (unpaired) electrons. The number of halogens is 1. The van der Waals surface area contributed by atoms with Gasteiger partial charge >= 0.3 is 0 Å². The van der Waals surface area contributed by atoms with Crippen molar-refractivity contribution in [3.05, 3.63) is 22.3 Å². The number of allylic oxidation sites excluding steroid dienone is 4. The van der Waals surface area contributed by atoms with Crippen LogP contribution in [-0.4, -0.2) is 12.2 Å². The zero-order valence-corrected chi connectivity index (χ0v) is 9.31. The van der Waals surface area contributed by atoms with Crippen molar-refractivity contribution >= 4 is 23.8 Å². The molecule has 0 saturated carbocycles. The minimum absolute atomic E-state index is 0.201. The number of hydrogen-bond acceptors (Lipinski definition) is 2. The van der Waals surface area contributed by atoms with E-state index in [2.05, 4.69) is 10.5 Å². The van der Waals surface area contributed by atoms with Gasteiger partial charge in [0, 0.05) is 5.03 Å². The van der Waals surface area contributed by atoms with Crippen LogP contribution in [0.1, 0.15) is 20.8 Å². The first-order valence-electron chi connectivity index (χ1n) is 4.08. The molecule has 0 saturated heterocycles. The first kappa shape index (κ1) is 12.7. The summed E-state index contributed by atoms with van der Waals surface area (Å²) in [4.78, 5) is 0. The lowest BCUT2D eigenvalue weighted by molar-refractivity contribution is 1.00. The lowest BCUT2D eigenvalue weighted by atomic mass is 10.2. The fraction of sp³-hybridized carbons (Fsp3) is 0.333. The summed E-state index contributed by atoms with van der Waals surface area (Å²) in [6.45, 7) is 5.74. The van der Waals surface area contributed by atoms with Gasteiger partial charge in [-0.25, -0.2) is 5.43 Å². The van der Waals surface area contributed by atoms with Crippen LogP contribution in [0.4, 0.5) is 0 Å². The quantitative estimate of drug-likeness (QED) is 0.291.